The van der Waals surface area contributed by atoms with Crippen molar-refractivity contribution in [2.45, 2.75) is 0 Å². The van der Waals surface area contributed by atoms with E-state index in [2.05, 4.69) is 0 Å². The first-order valence-electron chi connectivity index (χ1n) is 8.19. The number of carbonyl (C=O) groups is 2. The summed E-state index contributed by atoms with van der Waals surface area (Å²) in [6.45, 7) is 1.19. The number of furan rings is 1. The third-order valence-electron chi connectivity index (χ3n) is 4.39. The first-order chi connectivity index (χ1) is 12.5. The Labute approximate surface area is 167 Å². The third kappa shape index (κ3) is 3.23. The van der Waals surface area contributed by atoms with Gasteiger partial charge in [-0.05, 0) is 20.2 Å². The van der Waals surface area contributed by atoms with Crippen LogP contribution in [0.1, 0.15) is 32.0 Å². The molecule has 0 saturated heterocycles. The van der Waals surface area contributed by atoms with E-state index in [9.17, 15) is 9.59 Å². The lowest BCUT2D eigenvalue weighted by Crippen LogP contribution is -2.19. The summed E-state index contributed by atoms with van der Waals surface area (Å²) in [6.07, 6.45) is 0. The van der Waals surface area contributed by atoms with E-state index in [0.717, 1.165) is 6.54 Å². The van der Waals surface area contributed by atoms with Crippen molar-refractivity contribution < 1.29 is 18.7 Å². The summed E-state index contributed by atoms with van der Waals surface area (Å²) < 4.78 is 11.4. The van der Waals surface area contributed by atoms with Crippen LogP contribution in [0.5, 0.6) is 5.75 Å². The molecule has 2 aromatic carbocycles. The predicted octanol–water partition coefficient (Wildman–Crippen LogP) is 4.22. The molecule has 7 heteroatoms. The lowest BCUT2D eigenvalue weighted by Gasteiger charge is -2.13. The van der Waals surface area contributed by atoms with Crippen molar-refractivity contribution in [3.8, 4) is 5.75 Å². The molecular formula is C20H17Cl2NO4. The highest BCUT2D eigenvalue weighted by Crippen LogP contribution is 2.39. The molecule has 1 aliphatic rings. The molecule has 1 heterocycles. The molecule has 4 rings (SSSR count). The van der Waals surface area contributed by atoms with Crippen LogP contribution in [-0.2, 0) is 0 Å². The zero-order valence-corrected chi connectivity index (χ0v) is 16.3. The fraction of sp³-hybridized carbons (Fsp3) is 0.200. The normalized spacial score (nSPS) is 12.7. The predicted molar refractivity (Wildman–Crippen MR) is 106 cm³/mol. The Morgan fingerprint density at radius 3 is 2.41 bits per heavy atom. The van der Waals surface area contributed by atoms with Gasteiger partial charge >= 0.3 is 0 Å². The largest absolute Gasteiger partial charge is 0.491 e. The van der Waals surface area contributed by atoms with Crippen molar-refractivity contribution in [1.29, 1.82) is 0 Å². The smallest absolute Gasteiger partial charge is 0.229 e. The summed E-state index contributed by atoms with van der Waals surface area (Å²) in [7, 11) is 3.90. The highest BCUT2D eigenvalue weighted by Gasteiger charge is 2.35. The number of ketones is 2. The molecule has 0 saturated carbocycles. The molecule has 3 aromatic rings. The highest BCUT2D eigenvalue weighted by molar-refractivity contribution is 6.35. The number of benzene rings is 2. The molecule has 0 atom stereocenters. The van der Waals surface area contributed by atoms with E-state index in [0.29, 0.717) is 39.5 Å². The Morgan fingerprint density at radius 2 is 1.74 bits per heavy atom. The van der Waals surface area contributed by atoms with Crippen molar-refractivity contribution in [1.82, 2.24) is 4.90 Å². The van der Waals surface area contributed by atoms with Gasteiger partial charge in [0.25, 0.3) is 0 Å². The minimum atomic E-state index is -0.294. The fourth-order valence-electron chi connectivity index (χ4n) is 3.07. The van der Waals surface area contributed by atoms with Gasteiger partial charge in [0.05, 0.1) is 10.6 Å². The van der Waals surface area contributed by atoms with Crippen LogP contribution in [0.25, 0.3) is 11.0 Å². The number of rotatable bonds is 4. The lowest BCUT2D eigenvalue weighted by molar-refractivity contribution is 0.0962. The number of ether oxygens (including phenoxy) is 1. The Kier molecular flexibility index (Phi) is 5.29. The number of halogens is 2. The standard InChI is InChI=1S/C20H16ClNO4.ClH/c1-22(2)7-8-25-16-10-15-13(9-14(16)21)17-18(23)11-5-3-4-6-12(11)19(24)20(17)26-15;/h3-6,9-10H,7-8H2,1-2H3;1H. The number of likely N-dealkylation sites (N-methyl/N-ethyl adjacent to an activating group) is 1. The average Bonchev–Trinajstić information content (AvgIpc) is 2.98. The molecule has 27 heavy (non-hydrogen) atoms. The van der Waals surface area contributed by atoms with Gasteiger partial charge in [-0.1, -0.05) is 35.9 Å². The molecule has 0 amide bonds. The Bertz CT molecular complexity index is 1060. The van der Waals surface area contributed by atoms with Crippen molar-refractivity contribution >= 4 is 46.5 Å². The van der Waals surface area contributed by atoms with Gasteiger partial charge in [-0.15, -0.1) is 12.4 Å². The third-order valence-corrected chi connectivity index (χ3v) is 4.68. The summed E-state index contributed by atoms with van der Waals surface area (Å²) in [5.41, 5.74) is 1.42. The van der Waals surface area contributed by atoms with E-state index >= 15 is 0 Å². The second-order valence-corrected chi connectivity index (χ2v) is 6.85. The van der Waals surface area contributed by atoms with Gasteiger partial charge in [0.2, 0.25) is 5.78 Å². The topological polar surface area (TPSA) is 59.8 Å². The molecule has 0 unspecified atom stereocenters. The van der Waals surface area contributed by atoms with E-state index < -0.39 is 0 Å². The SMILES string of the molecule is CN(C)CCOc1cc2oc3c(c2cc1Cl)C(=O)c1ccccc1C3=O.Cl. The van der Waals surface area contributed by atoms with Gasteiger partial charge in [-0.2, -0.15) is 0 Å². The van der Waals surface area contributed by atoms with Gasteiger partial charge < -0.3 is 14.1 Å². The van der Waals surface area contributed by atoms with Crippen LogP contribution in [0.2, 0.25) is 5.02 Å². The van der Waals surface area contributed by atoms with Gasteiger partial charge in [0, 0.05) is 29.1 Å². The molecule has 0 fully saturated rings. The van der Waals surface area contributed by atoms with E-state index in [-0.39, 0.29) is 35.3 Å². The lowest BCUT2D eigenvalue weighted by atomic mass is 9.87. The minimum Gasteiger partial charge on any atom is -0.491 e. The van der Waals surface area contributed by atoms with Crippen LogP contribution in [0.3, 0.4) is 0 Å². The highest BCUT2D eigenvalue weighted by atomic mass is 35.5. The molecule has 140 valence electrons. The average molecular weight is 406 g/mol. The van der Waals surface area contributed by atoms with Crippen LogP contribution >= 0.6 is 24.0 Å². The molecule has 0 aliphatic heterocycles. The molecule has 0 N–H and O–H groups in total. The fourth-order valence-corrected chi connectivity index (χ4v) is 3.29. The number of nitrogens with zero attached hydrogens (tertiary/aromatic N) is 1. The molecule has 5 nitrogen and oxygen atoms in total. The number of hydrogen-bond donors (Lipinski definition) is 0. The van der Waals surface area contributed by atoms with E-state index in [1.54, 1.807) is 36.4 Å². The van der Waals surface area contributed by atoms with Crippen LogP contribution in [-0.4, -0.2) is 43.7 Å². The Hall–Kier alpha value is -2.34. The van der Waals surface area contributed by atoms with Crippen LogP contribution in [0.4, 0.5) is 0 Å². The molecule has 1 aliphatic carbocycles. The number of fused-ring (bicyclic) bond motifs is 4. The van der Waals surface area contributed by atoms with Crippen molar-refractivity contribution in [2.75, 3.05) is 27.2 Å². The zero-order valence-electron chi connectivity index (χ0n) is 14.7. The number of carbonyl (C=O) groups excluding carboxylic acids is 2. The van der Waals surface area contributed by atoms with Gasteiger partial charge in [0.1, 0.15) is 17.9 Å². The monoisotopic (exact) mass is 405 g/mol. The second kappa shape index (κ2) is 7.35. The summed E-state index contributed by atoms with van der Waals surface area (Å²) in [5.74, 6) is -0.00127. The van der Waals surface area contributed by atoms with Gasteiger partial charge in [-0.3, -0.25) is 9.59 Å². The number of hydrogen-bond acceptors (Lipinski definition) is 5. The van der Waals surface area contributed by atoms with Gasteiger partial charge in [0.15, 0.2) is 11.5 Å². The van der Waals surface area contributed by atoms with Crippen molar-refractivity contribution in [3.63, 3.8) is 0 Å². The van der Waals surface area contributed by atoms with E-state index in [4.69, 9.17) is 20.8 Å². The molecular weight excluding hydrogens is 389 g/mol. The first kappa shape index (κ1) is 19.4. The Balaban J connectivity index is 0.00000210. The quantitative estimate of drug-likeness (QED) is 0.508. The van der Waals surface area contributed by atoms with Crippen LogP contribution < -0.4 is 4.74 Å². The zero-order chi connectivity index (χ0) is 18.4. The van der Waals surface area contributed by atoms with E-state index in [1.165, 1.54) is 0 Å². The summed E-state index contributed by atoms with van der Waals surface area (Å²) in [6, 6.07) is 10.0. The van der Waals surface area contributed by atoms with Crippen LogP contribution in [0.15, 0.2) is 40.8 Å². The summed E-state index contributed by atoms with van der Waals surface area (Å²) >= 11 is 6.33. The minimum absolute atomic E-state index is 0. The van der Waals surface area contributed by atoms with Gasteiger partial charge in [-0.25, -0.2) is 0 Å². The second-order valence-electron chi connectivity index (χ2n) is 6.44. The Morgan fingerprint density at radius 1 is 1.07 bits per heavy atom. The molecule has 0 radical (unpaired) electrons. The summed E-state index contributed by atoms with van der Waals surface area (Å²) in [5, 5.41) is 0.900. The summed E-state index contributed by atoms with van der Waals surface area (Å²) in [4.78, 5) is 27.6. The maximum atomic E-state index is 12.9. The molecule has 0 spiro atoms. The van der Waals surface area contributed by atoms with E-state index in [1.807, 2.05) is 19.0 Å². The first-order valence-corrected chi connectivity index (χ1v) is 8.57. The molecule has 1 aromatic heterocycles. The maximum Gasteiger partial charge on any atom is 0.229 e. The van der Waals surface area contributed by atoms with Crippen molar-refractivity contribution in [3.05, 3.63) is 63.9 Å². The van der Waals surface area contributed by atoms with Crippen molar-refractivity contribution in [2.24, 2.45) is 0 Å². The van der Waals surface area contributed by atoms with Crippen LogP contribution in [0, 0.1) is 0 Å². The maximum absolute atomic E-state index is 12.9. The molecule has 0 bridgehead atoms.